The first kappa shape index (κ1) is 10.8. The minimum atomic E-state index is 0.577. The van der Waals surface area contributed by atoms with Crippen molar-refractivity contribution < 1.29 is 0 Å². The van der Waals surface area contributed by atoms with E-state index >= 15 is 0 Å². The van der Waals surface area contributed by atoms with Gasteiger partial charge >= 0.3 is 0 Å². The van der Waals surface area contributed by atoms with Crippen LogP contribution in [-0.2, 0) is 6.54 Å². The van der Waals surface area contributed by atoms with Gasteiger partial charge in [-0.15, -0.1) is 11.3 Å². The standard InChI is InChI=1S/C11H9Cl2NS/c12-10-4-3-8(6-11(10)13)14-7-9-2-1-5-15-9/h1-6,14H,7H2. The maximum absolute atomic E-state index is 5.91. The lowest BCUT2D eigenvalue weighted by molar-refractivity contribution is 1.19. The Labute approximate surface area is 103 Å². The van der Waals surface area contributed by atoms with E-state index in [1.807, 2.05) is 18.2 Å². The number of halogens is 2. The molecule has 1 aromatic heterocycles. The van der Waals surface area contributed by atoms with Crippen LogP contribution >= 0.6 is 34.5 Å². The molecule has 0 radical (unpaired) electrons. The first-order valence-electron chi connectivity index (χ1n) is 4.47. The molecule has 1 aromatic carbocycles. The van der Waals surface area contributed by atoms with Crippen LogP contribution in [0.1, 0.15) is 4.88 Å². The van der Waals surface area contributed by atoms with Crippen molar-refractivity contribution in [2.24, 2.45) is 0 Å². The fourth-order valence-corrected chi connectivity index (χ4v) is 2.15. The molecular formula is C11H9Cl2NS. The summed E-state index contributed by atoms with van der Waals surface area (Å²) in [5, 5.41) is 6.50. The molecule has 2 rings (SSSR count). The van der Waals surface area contributed by atoms with Crippen molar-refractivity contribution in [3.05, 3.63) is 50.6 Å². The Bertz CT molecular complexity index is 440. The quantitative estimate of drug-likeness (QED) is 0.843. The van der Waals surface area contributed by atoms with Crippen molar-refractivity contribution in [2.75, 3.05) is 5.32 Å². The summed E-state index contributed by atoms with van der Waals surface area (Å²) in [7, 11) is 0. The van der Waals surface area contributed by atoms with Gasteiger partial charge in [-0.2, -0.15) is 0 Å². The van der Waals surface area contributed by atoms with E-state index in [0.717, 1.165) is 12.2 Å². The number of rotatable bonds is 3. The average molecular weight is 258 g/mol. The molecule has 2 aromatic rings. The van der Waals surface area contributed by atoms with Crippen LogP contribution in [0, 0.1) is 0 Å². The number of thiophene rings is 1. The molecule has 1 N–H and O–H groups in total. The van der Waals surface area contributed by atoms with E-state index in [9.17, 15) is 0 Å². The molecule has 0 saturated carbocycles. The Kier molecular flexibility index (Phi) is 3.52. The van der Waals surface area contributed by atoms with E-state index in [4.69, 9.17) is 23.2 Å². The molecule has 0 bridgehead atoms. The minimum absolute atomic E-state index is 0.577. The van der Waals surface area contributed by atoms with E-state index < -0.39 is 0 Å². The van der Waals surface area contributed by atoms with Crippen LogP contribution in [0.2, 0.25) is 10.0 Å². The highest BCUT2D eigenvalue weighted by atomic mass is 35.5. The first-order chi connectivity index (χ1) is 7.25. The lowest BCUT2D eigenvalue weighted by atomic mass is 10.3. The minimum Gasteiger partial charge on any atom is -0.380 e. The van der Waals surface area contributed by atoms with Crippen molar-refractivity contribution in [3.8, 4) is 0 Å². The topological polar surface area (TPSA) is 12.0 Å². The van der Waals surface area contributed by atoms with Gasteiger partial charge in [-0.1, -0.05) is 29.3 Å². The second kappa shape index (κ2) is 4.88. The van der Waals surface area contributed by atoms with Gasteiger partial charge < -0.3 is 5.32 Å². The highest BCUT2D eigenvalue weighted by Gasteiger charge is 1.99. The van der Waals surface area contributed by atoms with Gasteiger partial charge in [0.15, 0.2) is 0 Å². The van der Waals surface area contributed by atoms with Crippen molar-refractivity contribution >= 4 is 40.2 Å². The molecule has 1 heterocycles. The van der Waals surface area contributed by atoms with E-state index in [-0.39, 0.29) is 0 Å². The summed E-state index contributed by atoms with van der Waals surface area (Å²) in [5.74, 6) is 0. The van der Waals surface area contributed by atoms with Crippen molar-refractivity contribution in [1.29, 1.82) is 0 Å². The molecule has 0 aliphatic rings. The summed E-state index contributed by atoms with van der Waals surface area (Å²) in [4.78, 5) is 1.29. The normalized spacial score (nSPS) is 10.3. The molecule has 0 aliphatic heterocycles. The molecule has 0 atom stereocenters. The van der Waals surface area contributed by atoms with Gasteiger partial charge in [0.2, 0.25) is 0 Å². The molecule has 15 heavy (non-hydrogen) atoms. The third-order valence-corrected chi connectivity index (χ3v) is 3.58. The molecule has 78 valence electrons. The third kappa shape index (κ3) is 2.88. The molecule has 0 aliphatic carbocycles. The average Bonchev–Trinajstić information content (AvgIpc) is 2.73. The molecule has 0 saturated heterocycles. The fraction of sp³-hybridized carbons (Fsp3) is 0.0909. The monoisotopic (exact) mass is 257 g/mol. The molecular weight excluding hydrogens is 249 g/mol. The highest BCUT2D eigenvalue weighted by Crippen LogP contribution is 2.25. The van der Waals surface area contributed by atoms with E-state index in [2.05, 4.69) is 16.8 Å². The summed E-state index contributed by atoms with van der Waals surface area (Å²) in [6.07, 6.45) is 0. The van der Waals surface area contributed by atoms with Crippen LogP contribution < -0.4 is 5.32 Å². The van der Waals surface area contributed by atoms with Crippen LogP contribution in [0.25, 0.3) is 0 Å². The second-order valence-corrected chi connectivity index (χ2v) is 4.91. The Balaban J connectivity index is 2.02. The van der Waals surface area contributed by atoms with Gasteiger partial charge in [0.25, 0.3) is 0 Å². The van der Waals surface area contributed by atoms with Crippen LogP contribution in [0.5, 0.6) is 0 Å². The summed E-state index contributed by atoms with van der Waals surface area (Å²) in [5.41, 5.74) is 0.984. The summed E-state index contributed by atoms with van der Waals surface area (Å²) < 4.78 is 0. The van der Waals surface area contributed by atoms with Gasteiger partial charge in [0.1, 0.15) is 0 Å². The predicted octanol–water partition coefficient (Wildman–Crippen LogP) is 4.67. The van der Waals surface area contributed by atoms with Crippen molar-refractivity contribution in [1.82, 2.24) is 0 Å². The number of benzene rings is 1. The van der Waals surface area contributed by atoms with Gasteiger partial charge in [0, 0.05) is 17.1 Å². The largest absolute Gasteiger partial charge is 0.380 e. The highest BCUT2D eigenvalue weighted by molar-refractivity contribution is 7.09. The maximum Gasteiger partial charge on any atom is 0.0612 e. The first-order valence-corrected chi connectivity index (χ1v) is 6.10. The van der Waals surface area contributed by atoms with Gasteiger partial charge in [-0.05, 0) is 29.6 Å². The van der Waals surface area contributed by atoms with Crippen molar-refractivity contribution in [3.63, 3.8) is 0 Å². The van der Waals surface area contributed by atoms with E-state index in [1.165, 1.54) is 4.88 Å². The zero-order chi connectivity index (χ0) is 10.7. The van der Waals surface area contributed by atoms with Gasteiger partial charge in [-0.3, -0.25) is 0 Å². The van der Waals surface area contributed by atoms with Crippen LogP contribution in [0.4, 0.5) is 5.69 Å². The molecule has 0 unspecified atom stereocenters. The third-order valence-electron chi connectivity index (χ3n) is 1.97. The van der Waals surface area contributed by atoms with E-state index in [0.29, 0.717) is 10.0 Å². The Hall–Kier alpha value is -0.700. The van der Waals surface area contributed by atoms with E-state index in [1.54, 1.807) is 17.4 Å². The molecule has 0 spiro atoms. The lowest BCUT2D eigenvalue weighted by Crippen LogP contribution is -1.96. The summed E-state index contributed by atoms with van der Waals surface area (Å²) in [6.45, 7) is 0.815. The molecule has 0 amide bonds. The molecule has 0 fully saturated rings. The van der Waals surface area contributed by atoms with Crippen LogP contribution in [-0.4, -0.2) is 0 Å². The second-order valence-electron chi connectivity index (χ2n) is 3.06. The predicted molar refractivity (Wildman–Crippen MR) is 68.1 cm³/mol. The SMILES string of the molecule is Clc1ccc(NCc2cccs2)cc1Cl. The zero-order valence-electron chi connectivity index (χ0n) is 7.84. The Morgan fingerprint density at radius 1 is 1.13 bits per heavy atom. The zero-order valence-corrected chi connectivity index (χ0v) is 10.2. The van der Waals surface area contributed by atoms with Crippen LogP contribution in [0.3, 0.4) is 0 Å². The Morgan fingerprint density at radius 3 is 2.67 bits per heavy atom. The smallest absolute Gasteiger partial charge is 0.0612 e. The number of hydrogen-bond donors (Lipinski definition) is 1. The summed E-state index contributed by atoms with van der Waals surface area (Å²) >= 11 is 13.5. The van der Waals surface area contributed by atoms with Crippen molar-refractivity contribution in [2.45, 2.75) is 6.54 Å². The maximum atomic E-state index is 5.91. The molecule has 1 nitrogen and oxygen atoms in total. The van der Waals surface area contributed by atoms with Gasteiger partial charge in [-0.25, -0.2) is 0 Å². The summed E-state index contributed by atoms with van der Waals surface area (Å²) in [6, 6.07) is 9.67. The number of hydrogen-bond acceptors (Lipinski definition) is 2. The Morgan fingerprint density at radius 2 is 2.00 bits per heavy atom. The van der Waals surface area contributed by atoms with Crippen LogP contribution in [0.15, 0.2) is 35.7 Å². The number of anilines is 1. The molecule has 4 heteroatoms. The van der Waals surface area contributed by atoms with Gasteiger partial charge in [0.05, 0.1) is 10.0 Å². The number of nitrogens with one attached hydrogen (secondary N) is 1. The fourth-order valence-electron chi connectivity index (χ4n) is 1.21. The lowest BCUT2D eigenvalue weighted by Gasteiger charge is -2.05.